The number of phenolic OH excluding ortho intramolecular Hbond substituents is 1. The van der Waals surface area contributed by atoms with Crippen LogP contribution in [0.4, 0.5) is 0 Å². The average molecular weight is 380 g/mol. The molecule has 0 spiro atoms. The summed E-state index contributed by atoms with van der Waals surface area (Å²) < 4.78 is 5.14. The molecule has 1 aromatic heterocycles. The van der Waals surface area contributed by atoms with E-state index in [9.17, 15) is 5.11 Å². The number of phenols is 1. The maximum absolute atomic E-state index is 9.66. The Labute approximate surface area is 169 Å². The van der Waals surface area contributed by atoms with Crippen molar-refractivity contribution in [1.29, 1.82) is 0 Å². The van der Waals surface area contributed by atoms with Gasteiger partial charge in [-0.25, -0.2) is 4.98 Å². The monoisotopic (exact) mass is 379 g/mol. The van der Waals surface area contributed by atoms with Crippen molar-refractivity contribution in [2.75, 3.05) is 7.11 Å². The molecule has 0 atom stereocenters. The van der Waals surface area contributed by atoms with Gasteiger partial charge in [-0.1, -0.05) is 52.0 Å². The lowest BCUT2D eigenvalue weighted by molar-refractivity contribution is 0.373. The molecular formula is C25H33NO2. The minimum absolute atomic E-state index is 0.139. The number of fused-ring (bicyclic) bond motifs is 1. The van der Waals surface area contributed by atoms with E-state index in [0.29, 0.717) is 5.75 Å². The molecule has 3 rings (SSSR count). The first-order valence-corrected chi connectivity index (χ1v) is 9.92. The zero-order valence-electron chi connectivity index (χ0n) is 18.4. The van der Waals surface area contributed by atoms with Crippen molar-refractivity contribution in [3.63, 3.8) is 0 Å². The van der Waals surface area contributed by atoms with E-state index >= 15 is 0 Å². The number of hydrogen-bond donors (Lipinski definition) is 1. The quantitative estimate of drug-likeness (QED) is 0.528. The molecule has 3 heteroatoms. The van der Waals surface area contributed by atoms with Crippen molar-refractivity contribution >= 4 is 23.1 Å². The smallest absolute Gasteiger partial charge is 0.161 e. The van der Waals surface area contributed by atoms with E-state index < -0.39 is 0 Å². The van der Waals surface area contributed by atoms with E-state index in [-0.39, 0.29) is 5.75 Å². The van der Waals surface area contributed by atoms with Crippen molar-refractivity contribution in [1.82, 2.24) is 4.98 Å². The lowest BCUT2D eigenvalue weighted by atomic mass is 10.0. The number of nitrogens with zero attached hydrogens (tertiary/aromatic N) is 1. The number of aromatic nitrogens is 1. The van der Waals surface area contributed by atoms with Crippen LogP contribution in [-0.4, -0.2) is 17.2 Å². The third kappa shape index (κ3) is 5.35. The van der Waals surface area contributed by atoms with Crippen LogP contribution >= 0.6 is 0 Å². The maximum Gasteiger partial charge on any atom is 0.161 e. The number of benzene rings is 2. The Bertz CT molecular complexity index is 943. The molecule has 3 nitrogen and oxygen atoms in total. The van der Waals surface area contributed by atoms with Crippen molar-refractivity contribution in [2.45, 2.75) is 48.5 Å². The highest BCUT2D eigenvalue weighted by Gasteiger charge is 2.06. The lowest BCUT2D eigenvalue weighted by Crippen LogP contribution is -1.92. The molecule has 0 aliphatic carbocycles. The highest BCUT2D eigenvalue weighted by molar-refractivity contribution is 5.87. The molecule has 0 amide bonds. The summed E-state index contributed by atoms with van der Waals surface area (Å²) in [6, 6.07) is 11.6. The standard InChI is InChI=1S/C21H21NO2.2C2H6/c1-13-11-14(2)18-9-8-17(22-21(18)15(13)3)7-5-16-6-10-19(23)20(12-16)24-4;2*1-2/h5-12,23H,1-4H3;2*1-2H3/b7-5+;;. The minimum atomic E-state index is 0.139. The summed E-state index contributed by atoms with van der Waals surface area (Å²) in [4.78, 5) is 4.80. The largest absolute Gasteiger partial charge is 0.504 e. The molecule has 0 fully saturated rings. The second kappa shape index (κ2) is 11.1. The van der Waals surface area contributed by atoms with Crippen molar-refractivity contribution < 1.29 is 9.84 Å². The van der Waals surface area contributed by atoms with Crippen LogP contribution in [0.1, 0.15) is 55.6 Å². The Hall–Kier alpha value is -2.81. The molecule has 28 heavy (non-hydrogen) atoms. The fourth-order valence-corrected chi connectivity index (χ4v) is 2.85. The minimum Gasteiger partial charge on any atom is -0.504 e. The van der Waals surface area contributed by atoms with Gasteiger partial charge in [0.05, 0.1) is 18.3 Å². The zero-order valence-corrected chi connectivity index (χ0v) is 18.4. The molecule has 0 aliphatic heterocycles. The molecule has 3 aromatic rings. The fraction of sp³-hybridized carbons (Fsp3) is 0.320. The van der Waals surface area contributed by atoms with Gasteiger partial charge in [0, 0.05) is 5.39 Å². The molecule has 0 radical (unpaired) electrons. The van der Waals surface area contributed by atoms with Gasteiger partial charge in [-0.2, -0.15) is 0 Å². The van der Waals surface area contributed by atoms with E-state index in [4.69, 9.17) is 9.72 Å². The number of pyridine rings is 1. The number of rotatable bonds is 3. The predicted octanol–water partition coefficient (Wildman–Crippen LogP) is 7.10. The Morgan fingerprint density at radius 3 is 2.18 bits per heavy atom. The molecule has 0 saturated heterocycles. The number of methoxy groups -OCH3 is 1. The summed E-state index contributed by atoms with van der Waals surface area (Å²) >= 11 is 0. The van der Waals surface area contributed by atoms with Gasteiger partial charge in [-0.05, 0) is 67.3 Å². The number of ether oxygens (including phenoxy) is 1. The van der Waals surface area contributed by atoms with Gasteiger partial charge in [0.25, 0.3) is 0 Å². The van der Waals surface area contributed by atoms with Crippen LogP contribution in [0.3, 0.4) is 0 Å². The van der Waals surface area contributed by atoms with Crippen molar-refractivity contribution in [2.24, 2.45) is 0 Å². The first-order valence-electron chi connectivity index (χ1n) is 9.92. The third-order valence-electron chi connectivity index (χ3n) is 4.37. The summed E-state index contributed by atoms with van der Waals surface area (Å²) in [5, 5.41) is 10.9. The summed E-state index contributed by atoms with van der Waals surface area (Å²) in [6.45, 7) is 14.4. The van der Waals surface area contributed by atoms with Crippen LogP contribution in [-0.2, 0) is 0 Å². The van der Waals surface area contributed by atoms with E-state index in [1.807, 2.05) is 52.0 Å². The Balaban J connectivity index is 0.000000921. The Kier molecular flexibility index (Phi) is 9.23. The predicted molar refractivity (Wildman–Crippen MR) is 122 cm³/mol. The van der Waals surface area contributed by atoms with Crippen LogP contribution in [0.25, 0.3) is 23.1 Å². The molecule has 0 aliphatic rings. The molecule has 2 aromatic carbocycles. The SMILES string of the molecule is CC.CC.COc1cc(/C=C/c2ccc3c(C)cc(C)c(C)c3n2)ccc1O. The fourth-order valence-electron chi connectivity index (χ4n) is 2.85. The lowest BCUT2D eigenvalue weighted by Gasteiger charge is -2.09. The second-order valence-electron chi connectivity index (χ2n) is 6.03. The highest BCUT2D eigenvalue weighted by Crippen LogP contribution is 2.27. The Morgan fingerprint density at radius 2 is 1.54 bits per heavy atom. The normalized spacial score (nSPS) is 10.1. The average Bonchev–Trinajstić information content (AvgIpc) is 2.74. The molecule has 1 N–H and O–H groups in total. The van der Waals surface area contributed by atoms with Gasteiger partial charge in [0.15, 0.2) is 11.5 Å². The van der Waals surface area contributed by atoms with Crippen LogP contribution < -0.4 is 4.74 Å². The van der Waals surface area contributed by atoms with Crippen molar-refractivity contribution in [3.05, 3.63) is 64.3 Å². The van der Waals surface area contributed by atoms with Gasteiger partial charge in [-0.3, -0.25) is 0 Å². The van der Waals surface area contributed by atoms with Crippen LogP contribution in [0.2, 0.25) is 0 Å². The summed E-state index contributed by atoms with van der Waals surface area (Å²) in [5.41, 5.74) is 6.64. The summed E-state index contributed by atoms with van der Waals surface area (Å²) in [5.74, 6) is 0.603. The summed E-state index contributed by atoms with van der Waals surface area (Å²) in [6.07, 6.45) is 3.94. The van der Waals surface area contributed by atoms with Crippen LogP contribution in [0.5, 0.6) is 11.5 Å². The highest BCUT2D eigenvalue weighted by atomic mass is 16.5. The third-order valence-corrected chi connectivity index (χ3v) is 4.37. The number of hydrogen-bond acceptors (Lipinski definition) is 3. The van der Waals surface area contributed by atoms with Gasteiger partial charge < -0.3 is 9.84 Å². The van der Waals surface area contributed by atoms with Crippen LogP contribution in [0, 0.1) is 20.8 Å². The van der Waals surface area contributed by atoms with E-state index in [1.54, 1.807) is 19.2 Å². The first-order chi connectivity index (χ1) is 13.5. The topological polar surface area (TPSA) is 42.4 Å². The van der Waals surface area contributed by atoms with E-state index in [0.717, 1.165) is 16.8 Å². The maximum atomic E-state index is 9.66. The van der Waals surface area contributed by atoms with E-state index in [2.05, 4.69) is 32.9 Å². The molecular weight excluding hydrogens is 346 g/mol. The van der Waals surface area contributed by atoms with Gasteiger partial charge in [-0.15, -0.1) is 0 Å². The molecule has 150 valence electrons. The number of aryl methyl sites for hydroxylation is 3. The molecule has 0 unspecified atom stereocenters. The van der Waals surface area contributed by atoms with E-state index in [1.165, 1.54) is 22.1 Å². The number of aromatic hydroxyl groups is 1. The van der Waals surface area contributed by atoms with Gasteiger partial charge in [0.2, 0.25) is 0 Å². The summed E-state index contributed by atoms with van der Waals surface area (Å²) in [7, 11) is 1.54. The Morgan fingerprint density at radius 1 is 0.857 bits per heavy atom. The van der Waals surface area contributed by atoms with Crippen LogP contribution in [0.15, 0.2) is 36.4 Å². The zero-order chi connectivity index (χ0) is 21.3. The molecule has 0 saturated carbocycles. The van der Waals surface area contributed by atoms with Gasteiger partial charge >= 0.3 is 0 Å². The van der Waals surface area contributed by atoms with Crippen molar-refractivity contribution in [3.8, 4) is 11.5 Å². The molecule has 0 bridgehead atoms. The molecule has 1 heterocycles. The first kappa shape index (κ1) is 23.2. The second-order valence-corrected chi connectivity index (χ2v) is 6.03. The van der Waals surface area contributed by atoms with Gasteiger partial charge in [0.1, 0.15) is 0 Å².